The predicted molar refractivity (Wildman–Crippen MR) is 147 cm³/mol. The molecule has 2 aliphatic heterocycles. The molecular weight excluding hydrogens is 606 g/mol. The van der Waals surface area contributed by atoms with Gasteiger partial charge in [0.05, 0.1) is 24.2 Å². The Hall–Kier alpha value is -2.74. The number of anilines is 2. The highest BCUT2D eigenvalue weighted by molar-refractivity contribution is 7.64. The SMILES string of the molecule is C.CC(=O)N(CC1CN(c2cc(F)c(N3CCC(C)C3)c(F)c2)C(=O)O1)C(=O)OCOC(=O)CCC(P(O)O)P(O)O. The van der Waals surface area contributed by atoms with Crippen LogP contribution >= 0.6 is 16.8 Å². The van der Waals surface area contributed by atoms with E-state index in [1.54, 1.807) is 4.90 Å². The second-order valence-electron chi connectivity index (χ2n) is 9.55. The summed E-state index contributed by atoms with van der Waals surface area (Å²) in [7, 11) is -5.39. The number of carbonyl (C=O) groups excluding carboxylic acids is 4. The minimum atomic E-state index is -2.70. The average Bonchev–Trinajstić information content (AvgIpc) is 3.46. The second-order valence-corrected chi connectivity index (χ2v) is 12.5. The number of cyclic esters (lactones) is 1. The lowest BCUT2D eigenvalue weighted by Crippen LogP contribution is -2.42. The van der Waals surface area contributed by atoms with E-state index in [1.165, 1.54) is 0 Å². The molecule has 1 aromatic rings. The van der Waals surface area contributed by atoms with Crippen molar-refractivity contribution in [3.05, 3.63) is 23.8 Å². The van der Waals surface area contributed by atoms with E-state index in [4.69, 9.17) is 29.0 Å². The van der Waals surface area contributed by atoms with E-state index in [1.807, 2.05) is 6.92 Å². The Kier molecular flexibility index (Phi) is 13.2. The molecule has 4 N–H and O–H groups in total. The van der Waals surface area contributed by atoms with Crippen LogP contribution in [0.25, 0.3) is 0 Å². The molecule has 2 atom stereocenters. The van der Waals surface area contributed by atoms with Crippen LogP contribution in [0.1, 0.15) is 40.5 Å². The summed E-state index contributed by atoms with van der Waals surface area (Å²) >= 11 is 0. The molecule has 0 aromatic heterocycles. The molecule has 2 saturated heterocycles. The first-order valence-electron chi connectivity index (χ1n) is 12.4. The molecule has 42 heavy (non-hydrogen) atoms. The van der Waals surface area contributed by atoms with Gasteiger partial charge in [-0.1, -0.05) is 14.4 Å². The van der Waals surface area contributed by atoms with Gasteiger partial charge < -0.3 is 38.7 Å². The quantitative estimate of drug-likeness (QED) is 0.158. The molecule has 0 radical (unpaired) electrons. The molecule has 18 heteroatoms. The minimum Gasteiger partial charge on any atom is -0.442 e. The molecule has 0 saturated carbocycles. The molecule has 2 aliphatic rings. The van der Waals surface area contributed by atoms with Gasteiger partial charge in [-0.15, -0.1) is 0 Å². The van der Waals surface area contributed by atoms with Gasteiger partial charge in [-0.2, -0.15) is 0 Å². The van der Waals surface area contributed by atoms with Gasteiger partial charge in [0.15, 0.2) is 28.4 Å². The number of hydrogen-bond donors (Lipinski definition) is 4. The van der Waals surface area contributed by atoms with Crippen LogP contribution in [-0.4, -0.2) is 93.0 Å². The third-order valence-electron chi connectivity index (χ3n) is 6.46. The van der Waals surface area contributed by atoms with Gasteiger partial charge in [0.2, 0.25) is 12.7 Å². The third kappa shape index (κ3) is 9.13. The number of ether oxygens (including phenoxy) is 3. The summed E-state index contributed by atoms with van der Waals surface area (Å²) in [5, 5.41) is -1.31. The van der Waals surface area contributed by atoms with E-state index in [2.05, 4.69) is 4.74 Å². The molecular formula is C24H35F2N3O11P2. The van der Waals surface area contributed by atoms with Crippen molar-refractivity contribution in [3.8, 4) is 0 Å². The van der Waals surface area contributed by atoms with Gasteiger partial charge in [-0.05, 0) is 18.8 Å². The zero-order valence-corrected chi connectivity index (χ0v) is 24.0. The fourth-order valence-corrected chi connectivity index (χ4v) is 5.84. The van der Waals surface area contributed by atoms with Crippen molar-refractivity contribution in [3.63, 3.8) is 0 Å². The van der Waals surface area contributed by atoms with Crippen LogP contribution in [-0.2, 0) is 23.8 Å². The number of imide groups is 1. The van der Waals surface area contributed by atoms with Crippen molar-refractivity contribution in [1.29, 1.82) is 0 Å². The Labute approximate surface area is 243 Å². The Morgan fingerprint density at radius 3 is 2.26 bits per heavy atom. The van der Waals surface area contributed by atoms with E-state index >= 15 is 0 Å². The van der Waals surface area contributed by atoms with Crippen LogP contribution in [0.4, 0.5) is 29.7 Å². The number of nitrogens with zero attached hydrogens (tertiary/aromatic N) is 3. The molecule has 3 amide bonds. The first kappa shape index (κ1) is 35.5. The Morgan fingerprint density at radius 2 is 1.74 bits per heavy atom. The van der Waals surface area contributed by atoms with Crippen LogP contribution < -0.4 is 9.80 Å². The average molecular weight is 641 g/mol. The molecule has 0 spiro atoms. The molecule has 1 aromatic carbocycles. The molecule has 2 heterocycles. The number of amides is 3. The molecule has 14 nitrogen and oxygen atoms in total. The number of rotatable bonds is 11. The summed E-state index contributed by atoms with van der Waals surface area (Å²) < 4.78 is 44.4. The van der Waals surface area contributed by atoms with Crippen molar-refractivity contribution in [1.82, 2.24) is 4.90 Å². The van der Waals surface area contributed by atoms with Crippen molar-refractivity contribution < 1.29 is 61.7 Å². The highest BCUT2D eigenvalue weighted by Gasteiger charge is 2.37. The summed E-state index contributed by atoms with van der Waals surface area (Å²) in [5.41, 5.74) is -0.272. The maximum atomic E-state index is 14.9. The molecule has 2 fully saturated rings. The van der Waals surface area contributed by atoms with E-state index in [0.717, 1.165) is 30.4 Å². The number of esters is 1. The van der Waals surface area contributed by atoms with E-state index in [-0.39, 0.29) is 37.7 Å². The van der Waals surface area contributed by atoms with Crippen molar-refractivity contribution in [2.45, 2.75) is 52.0 Å². The number of carbonyl (C=O) groups is 4. The maximum Gasteiger partial charge on any atom is 0.419 e. The molecule has 236 valence electrons. The normalized spacial score (nSPS) is 18.4. The maximum absolute atomic E-state index is 14.9. The number of hydrogen-bond acceptors (Lipinski definition) is 12. The van der Waals surface area contributed by atoms with Crippen molar-refractivity contribution in [2.75, 3.05) is 42.8 Å². The molecule has 0 aliphatic carbocycles. The predicted octanol–water partition coefficient (Wildman–Crippen LogP) is 2.96. The highest BCUT2D eigenvalue weighted by atomic mass is 31.2. The fourth-order valence-electron chi connectivity index (χ4n) is 4.38. The largest absolute Gasteiger partial charge is 0.442 e. The second kappa shape index (κ2) is 15.6. The highest BCUT2D eigenvalue weighted by Crippen LogP contribution is 2.51. The van der Waals surface area contributed by atoms with Gasteiger partial charge >= 0.3 is 18.2 Å². The monoisotopic (exact) mass is 641 g/mol. The lowest BCUT2D eigenvalue weighted by atomic mass is 10.2. The third-order valence-corrected chi connectivity index (χ3v) is 9.28. The lowest BCUT2D eigenvalue weighted by Gasteiger charge is -2.22. The van der Waals surface area contributed by atoms with Crippen LogP contribution in [0.2, 0.25) is 0 Å². The van der Waals surface area contributed by atoms with E-state index in [0.29, 0.717) is 18.0 Å². The standard InChI is InChI=1S/C23H31F2N3O11P2.CH4/c1-13-5-6-26(9-13)21-17(24)7-15(8-18(21)25)28-11-16(39-23(28)32)10-27(14(2)29)22(31)38-12-37-19(30)3-4-20(40(33)34)41(35)36;/h7-8,13,16,20,33-36H,3-6,9-12H2,1-2H3;1H4. The summed E-state index contributed by atoms with van der Waals surface area (Å²) in [4.78, 5) is 88.5. The molecule has 2 unspecified atom stereocenters. The zero-order valence-electron chi connectivity index (χ0n) is 22.2. The van der Waals surface area contributed by atoms with Crippen molar-refractivity contribution >= 4 is 52.2 Å². The summed E-state index contributed by atoms with van der Waals surface area (Å²) in [5.74, 6) is -3.14. The van der Waals surface area contributed by atoms with E-state index in [9.17, 15) is 28.0 Å². The first-order chi connectivity index (χ1) is 19.3. The van der Waals surface area contributed by atoms with Gasteiger partial charge in [0, 0.05) is 38.6 Å². The van der Waals surface area contributed by atoms with Crippen LogP contribution in [0.5, 0.6) is 0 Å². The smallest absolute Gasteiger partial charge is 0.419 e. The first-order valence-corrected chi connectivity index (χ1v) is 15.1. The number of benzene rings is 1. The topological polar surface area (TPSA) is 187 Å². The number of halogens is 2. The van der Waals surface area contributed by atoms with Gasteiger partial charge in [0.1, 0.15) is 11.8 Å². The van der Waals surface area contributed by atoms with Crippen LogP contribution in [0, 0.1) is 17.6 Å². The minimum absolute atomic E-state index is 0. The Balaban J connectivity index is 0.00000616. The molecule has 3 rings (SSSR count). The zero-order chi connectivity index (χ0) is 30.4. The van der Waals surface area contributed by atoms with E-state index < -0.39 is 83.7 Å². The van der Waals surface area contributed by atoms with Gasteiger partial charge in [-0.3, -0.25) is 14.5 Å². The van der Waals surface area contributed by atoms with Crippen LogP contribution in [0.3, 0.4) is 0 Å². The Morgan fingerprint density at radius 1 is 1.12 bits per heavy atom. The van der Waals surface area contributed by atoms with Crippen molar-refractivity contribution in [2.24, 2.45) is 5.92 Å². The molecule has 0 bridgehead atoms. The summed E-state index contributed by atoms with van der Waals surface area (Å²) in [6, 6.07) is 2.03. The summed E-state index contributed by atoms with van der Waals surface area (Å²) in [6.45, 7) is 2.41. The van der Waals surface area contributed by atoms with Gasteiger partial charge in [-0.25, -0.2) is 23.3 Å². The lowest BCUT2D eigenvalue weighted by molar-refractivity contribution is -0.152. The van der Waals surface area contributed by atoms with Gasteiger partial charge in [0.25, 0.3) is 0 Å². The summed E-state index contributed by atoms with van der Waals surface area (Å²) in [6.07, 6.45) is -3.19. The fraction of sp³-hybridized carbons (Fsp3) is 0.583. The van der Waals surface area contributed by atoms with Crippen LogP contribution in [0.15, 0.2) is 12.1 Å². The Bertz CT molecular complexity index is 1120.